The molecule has 2 N–H and O–H groups in total. The van der Waals surface area contributed by atoms with Gasteiger partial charge in [0.2, 0.25) is 0 Å². The summed E-state index contributed by atoms with van der Waals surface area (Å²) in [4.78, 5) is 41.0. The van der Waals surface area contributed by atoms with Crippen molar-refractivity contribution in [2.45, 2.75) is 18.2 Å². The Morgan fingerprint density at radius 1 is 0.919 bits per heavy atom. The monoisotopic (exact) mass is 519 g/mol. The van der Waals surface area contributed by atoms with Crippen LogP contribution in [0.4, 0.5) is 15.8 Å². The SMILES string of the molecule is COCCCN1C(=O)C(Nc2ccc(C)cc2)=C(Sc2ccc(NC(=O)c3ccc(F)cc3)cc2)C1=O. The Labute approximate surface area is 218 Å². The average Bonchev–Trinajstić information content (AvgIpc) is 3.11. The van der Waals surface area contributed by atoms with Crippen LogP contribution in [0.2, 0.25) is 0 Å². The van der Waals surface area contributed by atoms with Gasteiger partial charge in [-0.1, -0.05) is 29.5 Å². The lowest BCUT2D eigenvalue weighted by molar-refractivity contribution is -0.137. The summed E-state index contributed by atoms with van der Waals surface area (Å²) in [6.45, 7) is 2.66. The molecule has 9 heteroatoms. The van der Waals surface area contributed by atoms with Gasteiger partial charge >= 0.3 is 0 Å². The fourth-order valence-electron chi connectivity index (χ4n) is 3.64. The van der Waals surface area contributed by atoms with Gasteiger partial charge < -0.3 is 15.4 Å². The van der Waals surface area contributed by atoms with Crippen molar-refractivity contribution in [3.63, 3.8) is 0 Å². The van der Waals surface area contributed by atoms with Crippen molar-refractivity contribution in [1.82, 2.24) is 4.90 Å². The van der Waals surface area contributed by atoms with Gasteiger partial charge in [0, 0.05) is 42.1 Å². The predicted molar refractivity (Wildman–Crippen MR) is 142 cm³/mol. The predicted octanol–water partition coefficient (Wildman–Crippen LogP) is 5.21. The minimum Gasteiger partial charge on any atom is -0.385 e. The average molecular weight is 520 g/mol. The number of carbonyl (C=O) groups excluding carboxylic acids is 3. The summed E-state index contributed by atoms with van der Waals surface area (Å²) < 4.78 is 18.2. The van der Waals surface area contributed by atoms with Crippen molar-refractivity contribution >= 4 is 40.9 Å². The second-order valence-corrected chi connectivity index (χ2v) is 9.47. The van der Waals surface area contributed by atoms with Gasteiger partial charge in [-0.25, -0.2) is 4.39 Å². The zero-order valence-electron chi connectivity index (χ0n) is 20.4. The lowest BCUT2D eigenvalue weighted by Gasteiger charge is -2.14. The van der Waals surface area contributed by atoms with Crippen LogP contribution < -0.4 is 10.6 Å². The number of halogens is 1. The molecule has 190 valence electrons. The molecule has 0 aromatic heterocycles. The van der Waals surface area contributed by atoms with E-state index in [9.17, 15) is 18.8 Å². The van der Waals surface area contributed by atoms with Crippen LogP contribution in [-0.4, -0.2) is 42.9 Å². The first kappa shape index (κ1) is 26.1. The van der Waals surface area contributed by atoms with Crippen LogP contribution in [0.3, 0.4) is 0 Å². The minimum atomic E-state index is -0.416. The molecule has 0 saturated carbocycles. The molecule has 0 spiro atoms. The third-order valence-electron chi connectivity index (χ3n) is 5.62. The molecule has 1 aliphatic rings. The van der Waals surface area contributed by atoms with E-state index in [1.807, 2.05) is 31.2 Å². The molecule has 4 rings (SSSR count). The normalized spacial score (nSPS) is 13.3. The van der Waals surface area contributed by atoms with Gasteiger partial charge in [-0.15, -0.1) is 0 Å². The third kappa shape index (κ3) is 6.44. The van der Waals surface area contributed by atoms with Gasteiger partial charge in [-0.2, -0.15) is 0 Å². The first-order chi connectivity index (χ1) is 17.9. The molecule has 0 atom stereocenters. The maximum absolute atomic E-state index is 13.2. The summed E-state index contributed by atoms with van der Waals surface area (Å²) in [5.74, 6) is -1.53. The van der Waals surface area contributed by atoms with E-state index >= 15 is 0 Å². The van der Waals surface area contributed by atoms with Crippen molar-refractivity contribution in [2.24, 2.45) is 0 Å². The molecule has 0 aliphatic carbocycles. The first-order valence-electron chi connectivity index (χ1n) is 11.6. The molecule has 0 radical (unpaired) electrons. The van der Waals surface area contributed by atoms with Crippen LogP contribution in [0, 0.1) is 12.7 Å². The summed E-state index contributed by atoms with van der Waals surface area (Å²) in [6.07, 6.45) is 0.534. The zero-order valence-corrected chi connectivity index (χ0v) is 21.2. The number of ether oxygens (including phenoxy) is 1. The number of hydrogen-bond donors (Lipinski definition) is 2. The second-order valence-electron chi connectivity index (χ2n) is 8.39. The van der Waals surface area contributed by atoms with E-state index in [1.54, 1.807) is 31.4 Å². The topological polar surface area (TPSA) is 87.7 Å². The molecule has 3 aromatic rings. The molecule has 3 amide bonds. The maximum atomic E-state index is 13.2. The Hall–Kier alpha value is -3.95. The van der Waals surface area contributed by atoms with Crippen LogP contribution >= 0.6 is 11.8 Å². The van der Waals surface area contributed by atoms with Gasteiger partial charge in [0.05, 0.1) is 0 Å². The number of benzene rings is 3. The maximum Gasteiger partial charge on any atom is 0.278 e. The number of rotatable bonds is 10. The molecular weight excluding hydrogens is 493 g/mol. The van der Waals surface area contributed by atoms with Crippen LogP contribution in [0.25, 0.3) is 0 Å². The summed E-state index contributed by atoms with van der Waals surface area (Å²) in [6, 6.07) is 19.7. The Balaban J connectivity index is 1.52. The second kappa shape index (κ2) is 11.9. The highest BCUT2D eigenvalue weighted by molar-refractivity contribution is 8.04. The molecule has 0 bridgehead atoms. The third-order valence-corrected chi connectivity index (χ3v) is 6.71. The number of anilines is 2. The summed E-state index contributed by atoms with van der Waals surface area (Å²) in [5.41, 5.74) is 2.89. The van der Waals surface area contributed by atoms with Gasteiger partial charge in [0.25, 0.3) is 17.7 Å². The van der Waals surface area contributed by atoms with Gasteiger partial charge in [-0.3, -0.25) is 19.3 Å². The van der Waals surface area contributed by atoms with Crippen molar-refractivity contribution in [2.75, 3.05) is 30.9 Å². The first-order valence-corrected chi connectivity index (χ1v) is 12.5. The number of imide groups is 1. The van der Waals surface area contributed by atoms with Gasteiger partial charge in [0.1, 0.15) is 16.4 Å². The number of amides is 3. The van der Waals surface area contributed by atoms with E-state index < -0.39 is 5.82 Å². The van der Waals surface area contributed by atoms with E-state index in [1.165, 1.54) is 40.9 Å². The molecule has 0 saturated heterocycles. The number of methoxy groups -OCH3 is 1. The standard InChI is InChI=1S/C28H26FN3O4S/c1-18-4-10-21(11-5-18)30-24-25(28(35)32(27(24)34)16-3-17-36-2)37-23-14-12-22(13-15-23)31-26(33)19-6-8-20(29)9-7-19/h4-15,30H,3,16-17H2,1-2H3,(H,31,33). The quantitative estimate of drug-likeness (QED) is 0.283. The van der Waals surface area contributed by atoms with Crippen LogP contribution in [0.15, 0.2) is 88.3 Å². The molecule has 3 aromatic carbocycles. The van der Waals surface area contributed by atoms with E-state index in [0.717, 1.165) is 10.5 Å². The van der Waals surface area contributed by atoms with Crippen molar-refractivity contribution < 1.29 is 23.5 Å². The molecule has 1 heterocycles. The largest absolute Gasteiger partial charge is 0.385 e. The molecule has 0 fully saturated rings. The highest BCUT2D eigenvalue weighted by Gasteiger charge is 2.38. The van der Waals surface area contributed by atoms with Crippen LogP contribution in [0.1, 0.15) is 22.3 Å². The van der Waals surface area contributed by atoms with Crippen molar-refractivity contribution in [3.8, 4) is 0 Å². The lowest BCUT2D eigenvalue weighted by atomic mass is 10.2. The number of nitrogens with zero attached hydrogens (tertiary/aromatic N) is 1. The fourth-order valence-corrected chi connectivity index (χ4v) is 4.58. The van der Waals surface area contributed by atoms with E-state index in [0.29, 0.717) is 34.9 Å². The van der Waals surface area contributed by atoms with Crippen molar-refractivity contribution in [1.29, 1.82) is 0 Å². The number of aryl methyl sites for hydroxylation is 1. The number of carbonyl (C=O) groups is 3. The Kier molecular flexibility index (Phi) is 8.37. The van der Waals surface area contributed by atoms with E-state index in [-0.39, 0.29) is 30.0 Å². The molecule has 37 heavy (non-hydrogen) atoms. The number of thioether (sulfide) groups is 1. The summed E-state index contributed by atoms with van der Waals surface area (Å²) in [5, 5.41) is 5.89. The fraction of sp³-hybridized carbons (Fsp3) is 0.179. The van der Waals surface area contributed by atoms with Gasteiger partial charge in [-0.05, 0) is 74.0 Å². The molecule has 0 unspecified atom stereocenters. The number of hydrogen-bond acceptors (Lipinski definition) is 6. The number of nitrogens with one attached hydrogen (secondary N) is 2. The lowest BCUT2D eigenvalue weighted by Crippen LogP contribution is -2.33. The smallest absolute Gasteiger partial charge is 0.278 e. The van der Waals surface area contributed by atoms with E-state index in [2.05, 4.69) is 10.6 Å². The van der Waals surface area contributed by atoms with Gasteiger partial charge in [0.15, 0.2) is 0 Å². The van der Waals surface area contributed by atoms with Crippen LogP contribution in [-0.2, 0) is 14.3 Å². The van der Waals surface area contributed by atoms with Crippen LogP contribution in [0.5, 0.6) is 0 Å². The summed E-state index contributed by atoms with van der Waals surface area (Å²) >= 11 is 1.18. The molecule has 1 aliphatic heterocycles. The Bertz CT molecular complexity index is 1320. The highest BCUT2D eigenvalue weighted by Crippen LogP contribution is 2.36. The molecule has 7 nitrogen and oxygen atoms in total. The Morgan fingerprint density at radius 3 is 2.22 bits per heavy atom. The highest BCUT2D eigenvalue weighted by atomic mass is 32.2. The zero-order chi connectivity index (χ0) is 26.4. The summed E-state index contributed by atoms with van der Waals surface area (Å²) in [7, 11) is 1.57. The van der Waals surface area contributed by atoms with Crippen molar-refractivity contribution in [3.05, 3.63) is 100 Å². The van der Waals surface area contributed by atoms with E-state index in [4.69, 9.17) is 4.74 Å². The Morgan fingerprint density at radius 2 is 1.57 bits per heavy atom. The minimum absolute atomic E-state index is 0.227. The molecular formula is C28H26FN3O4S.